The number of fused-ring (bicyclic) bond motifs is 1. The van der Waals surface area contributed by atoms with E-state index in [2.05, 4.69) is 5.32 Å². The summed E-state index contributed by atoms with van der Waals surface area (Å²) in [4.78, 5) is 58.3. The molecule has 2 unspecified atom stereocenters. The van der Waals surface area contributed by atoms with E-state index in [-0.39, 0.29) is 42.8 Å². The average Bonchev–Trinajstić information content (AvgIpc) is 3.83. The summed E-state index contributed by atoms with van der Waals surface area (Å²) in [6.45, 7) is 1.45. The molecule has 0 radical (unpaired) electrons. The summed E-state index contributed by atoms with van der Waals surface area (Å²) >= 11 is 0. The van der Waals surface area contributed by atoms with E-state index in [1.54, 1.807) is 43.4 Å². The second-order valence-corrected chi connectivity index (χ2v) is 17.1. The van der Waals surface area contributed by atoms with E-state index in [0.717, 1.165) is 104 Å². The van der Waals surface area contributed by atoms with Crippen LogP contribution in [0.2, 0.25) is 0 Å². The van der Waals surface area contributed by atoms with Gasteiger partial charge in [0.05, 0.1) is 51.4 Å². The van der Waals surface area contributed by atoms with Crippen LogP contribution < -0.4 is 14.8 Å². The van der Waals surface area contributed by atoms with Crippen molar-refractivity contribution in [2.75, 3.05) is 40.5 Å². The zero-order chi connectivity index (χ0) is 45.2. The molecule has 64 heavy (non-hydrogen) atoms. The van der Waals surface area contributed by atoms with Crippen LogP contribution in [0.4, 0.5) is 0 Å². The Balaban J connectivity index is 0.844. The predicted octanol–water partition coefficient (Wildman–Crippen LogP) is 8.21. The normalized spacial score (nSPS) is 19.3. The van der Waals surface area contributed by atoms with Crippen molar-refractivity contribution in [3.8, 4) is 11.5 Å². The van der Waals surface area contributed by atoms with Crippen LogP contribution >= 0.6 is 0 Å². The van der Waals surface area contributed by atoms with Crippen molar-refractivity contribution in [3.05, 3.63) is 120 Å². The van der Waals surface area contributed by atoms with Crippen molar-refractivity contribution >= 4 is 23.6 Å². The first kappa shape index (κ1) is 48.2. The Bertz CT molecular complexity index is 1920. The zero-order valence-corrected chi connectivity index (χ0v) is 37.7. The minimum Gasteiger partial charge on any atom is -0.497 e. The van der Waals surface area contributed by atoms with E-state index in [1.165, 1.54) is 0 Å². The van der Waals surface area contributed by atoms with Gasteiger partial charge in [0.15, 0.2) is 0 Å². The molecule has 12 heteroatoms. The van der Waals surface area contributed by atoms with E-state index in [4.69, 9.17) is 19.0 Å². The van der Waals surface area contributed by atoms with Crippen LogP contribution in [-0.4, -0.2) is 91.4 Å². The molecule has 2 aliphatic heterocycles. The first-order valence-electron chi connectivity index (χ1n) is 23.3. The Morgan fingerprint density at radius 3 is 1.77 bits per heavy atom. The number of β-amino-alcohol motifs (C(OH)–C–C–N with tert-alkyl or cyclic N) is 1. The smallest absolute Gasteiger partial charge is 0.261 e. The Morgan fingerprint density at radius 1 is 0.672 bits per heavy atom. The van der Waals surface area contributed by atoms with Crippen molar-refractivity contribution in [1.82, 2.24) is 15.3 Å². The molecule has 1 aliphatic carbocycles. The number of benzene rings is 3. The molecular formula is C52H67N3O9. The highest BCUT2D eigenvalue weighted by atomic mass is 16.7. The summed E-state index contributed by atoms with van der Waals surface area (Å²) in [6, 6.07) is 25.4. The molecule has 2 saturated heterocycles. The van der Waals surface area contributed by atoms with Gasteiger partial charge in [-0.3, -0.25) is 24.0 Å². The fourth-order valence-corrected chi connectivity index (χ4v) is 9.06. The molecule has 0 spiro atoms. The highest BCUT2D eigenvalue weighted by molar-refractivity contribution is 6.06. The summed E-state index contributed by atoms with van der Waals surface area (Å²) in [6.07, 6.45) is 19.5. The fourth-order valence-electron chi connectivity index (χ4n) is 9.06. The summed E-state index contributed by atoms with van der Waals surface area (Å²) < 4.78 is 18.0. The predicted molar refractivity (Wildman–Crippen MR) is 245 cm³/mol. The third-order valence-electron chi connectivity index (χ3n) is 12.6. The molecule has 3 aromatic rings. The molecule has 2 fully saturated rings. The number of methoxy groups -OCH3 is 2. The third-order valence-corrected chi connectivity index (χ3v) is 12.6. The number of allylic oxidation sites excluding steroid dienone is 2. The molecule has 0 bridgehead atoms. The van der Waals surface area contributed by atoms with E-state index < -0.39 is 23.5 Å². The van der Waals surface area contributed by atoms with Gasteiger partial charge >= 0.3 is 0 Å². The van der Waals surface area contributed by atoms with Gasteiger partial charge in [-0.05, 0) is 73.1 Å². The summed E-state index contributed by atoms with van der Waals surface area (Å²) in [7, 11) is 3.28. The van der Waals surface area contributed by atoms with Crippen LogP contribution in [0.3, 0.4) is 0 Å². The van der Waals surface area contributed by atoms with Gasteiger partial charge < -0.3 is 29.5 Å². The van der Waals surface area contributed by atoms with Gasteiger partial charge in [0.1, 0.15) is 17.1 Å². The number of nitrogens with one attached hydrogen (secondary N) is 1. The number of hydrogen-bond acceptors (Lipinski definition) is 9. The molecule has 6 rings (SSSR count). The largest absolute Gasteiger partial charge is 0.497 e. The number of ether oxygens (including phenoxy) is 3. The summed E-state index contributed by atoms with van der Waals surface area (Å²) in [5.74, 6) is 0.140. The Hall–Kier alpha value is -5.30. The van der Waals surface area contributed by atoms with Gasteiger partial charge in [-0.2, -0.15) is 5.06 Å². The van der Waals surface area contributed by atoms with Crippen LogP contribution in [0, 0.1) is 11.8 Å². The SMILES string of the molecule is COc1ccc(C(OC[C@@H]2C[C@@H](O)CN2C(=O)CCCCCNC(=O)CCCCCCCCCCCON2C(=O)C3C=CC=CC3C2=O)(c2ccccc2)c2ccc(OC)cc2)cc1. The van der Waals surface area contributed by atoms with Crippen LogP contribution in [0.25, 0.3) is 0 Å². The molecule has 0 saturated carbocycles. The van der Waals surface area contributed by atoms with Crippen LogP contribution in [0.15, 0.2) is 103 Å². The number of rotatable bonds is 27. The van der Waals surface area contributed by atoms with Gasteiger partial charge in [-0.25, -0.2) is 0 Å². The standard InChI is InChI=1S/C52H67N3O9/c1-61-44-30-26-40(27-31-44)52(39-20-12-10-13-21-39,41-28-32-45(62-2)33-29-41)63-38-42-36-43(56)37-54(42)49(58)25-15-11-18-34-53-48(57)24-14-8-6-4-3-5-7-9-19-35-64-55-50(59)46-22-16-17-23-47(46)51(55)60/h10,12-13,16-17,20-23,26-33,42-43,46-47,56H,3-9,11,14-15,18-19,24-25,34-38H2,1-2H3,(H,53,57)/t42-,43+,46?,47?/m0/s1. The molecule has 2 N–H and O–H groups in total. The van der Waals surface area contributed by atoms with Crippen LogP contribution in [-0.2, 0) is 34.4 Å². The molecule has 3 aliphatic rings. The maximum Gasteiger partial charge on any atom is 0.261 e. The summed E-state index contributed by atoms with van der Waals surface area (Å²) in [5.41, 5.74) is 1.71. The molecule has 0 aromatic heterocycles. The Morgan fingerprint density at radius 2 is 1.19 bits per heavy atom. The van der Waals surface area contributed by atoms with Crippen molar-refractivity contribution in [1.29, 1.82) is 0 Å². The van der Waals surface area contributed by atoms with Crippen LogP contribution in [0.5, 0.6) is 11.5 Å². The highest BCUT2D eigenvalue weighted by Gasteiger charge is 2.47. The zero-order valence-electron chi connectivity index (χ0n) is 37.7. The minimum absolute atomic E-state index is 0.00154. The number of nitrogens with zero attached hydrogens (tertiary/aromatic N) is 2. The first-order chi connectivity index (χ1) is 31.2. The number of unbranched alkanes of at least 4 members (excludes halogenated alkanes) is 10. The lowest BCUT2D eigenvalue weighted by atomic mass is 9.80. The number of aliphatic hydroxyl groups is 1. The summed E-state index contributed by atoms with van der Waals surface area (Å²) in [5, 5.41) is 14.8. The van der Waals surface area contributed by atoms with E-state index in [0.29, 0.717) is 38.8 Å². The second kappa shape index (κ2) is 24.7. The Labute approximate surface area is 378 Å². The van der Waals surface area contributed by atoms with Gasteiger partial charge in [-0.1, -0.05) is 130 Å². The third kappa shape index (κ3) is 12.7. The molecule has 3 aromatic carbocycles. The van der Waals surface area contributed by atoms with Crippen molar-refractivity contribution < 1.29 is 43.3 Å². The van der Waals surface area contributed by atoms with Gasteiger partial charge in [-0.15, -0.1) is 0 Å². The van der Waals surface area contributed by atoms with E-state index in [1.807, 2.05) is 78.9 Å². The fraction of sp³-hybridized carbons (Fsp3) is 0.500. The topological polar surface area (TPSA) is 144 Å². The lowest BCUT2D eigenvalue weighted by Gasteiger charge is -2.38. The lowest BCUT2D eigenvalue weighted by Crippen LogP contribution is -2.42. The van der Waals surface area contributed by atoms with Crippen molar-refractivity contribution in [3.63, 3.8) is 0 Å². The number of imide groups is 1. The van der Waals surface area contributed by atoms with Gasteiger partial charge in [0.2, 0.25) is 11.8 Å². The first-order valence-corrected chi connectivity index (χ1v) is 23.3. The molecule has 4 atom stereocenters. The molecule has 344 valence electrons. The number of hydroxylamine groups is 2. The number of carbonyl (C=O) groups is 4. The second-order valence-electron chi connectivity index (χ2n) is 17.1. The van der Waals surface area contributed by atoms with Crippen LogP contribution in [0.1, 0.15) is 113 Å². The molecular weight excluding hydrogens is 811 g/mol. The average molecular weight is 878 g/mol. The number of hydrogen-bond donors (Lipinski definition) is 2. The minimum atomic E-state index is -1.02. The van der Waals surface area contributed by atoms with Crippen molar-refractivity contribution in [2.45, 2.75) is 114 Å². The quantitative estimate of drug-likeness (QED) is 0.0440. The maximum absolute atomic E-state index is 13.6. The monoisotopic (exact) mass is 877 g/mol. The lowest BCUT2D eigenvalue weighted by molar-refractivity contribution is -0.189. The maximum atomic E-state index is 13.6. The molecule has 12 nitrogen and oxygen atoms in total. The Kier molecular flexibility index (Phi) is 18.6. The van der Waals surface area contributed by atoms with E-state index >= 15 is 0 Å². The number of likely N-dealkylation sites (tertiary alicyclic amines) is 1. The highest BCUT2D eigenvalue weighted by Crippen LogP contribution is 2.42. The molecule has 2 heterocycles. The number of carbonyl (C=O) groups excluding carboxylic acids is 4. The number of amides is 4. The van der Waals surface area contributed by atoms with Gasteiger partial charge in [0.25, 0.3) is 11.8 Å². The van der Waals surface area contributed by atoms with Crippen molar-refractivity contribution in [2.24, 2.45) is 11.8 Å². The molecule has 4 amide bonds. The van der Waals surface area contributed by atoms with Gasteiger partial charge in [0, 0.05) is 25.9 Å². The van der Waals surface area contributed by atoms with E-state index in [9.17, 15) is 24.3 Å². The number of aliphatic hydroxyl groups excluding tert-OH is 1.